The van der Waals surface area contributed by atoms with E-state index in [2.05, 4.69) is 12.2 Å². The Labute approximate surface area is 159 Å². The Morgan fingerprint density at radius 2 is 2.07 bits per heavy atom. The molecule has 2 heterocycles. The summed E-state index contributed by atoms with van der Waals surface area (Å²) in [5, 5.41) is 4.17. The molecule has 0 saturated carbocycles. The molecule has 6 nitrogen and oxygen atoms in total. The molecule has 1 aromatic carbocycles. The van der Waals surface area contributed by atoms with Crippen molar-refractivity contribution in [3.8, 4) is 0 Å². The SMILES string of the molecule is C[C@@H]1CCc2c(sc(NC(=O)c3cc4ccccc4c(=O)o3)c2C(N)=O)C1. The van der Waals surface area contributed by atoms with Crippen LogP contribution in [0.4, 0.5) is 5.00 Å². The third-order valence-corrected chi connectivity index (χ3v) is 6.05. The van der Waals surface area contributed by atoms with E-state index >= 15 is 0 Å². The van der Waals surface area contributed by atoms with Crippen LogP contribution in [-0.4, -0.2) is 11.8 Å². The quantitative estimate of drug-likeness (QED) is 0.725. The molecule has 1 atom stereocenters. The first-order valence-electron chi connectivity index (χ1n) is 8.72. The van der Waals surface area contributed by atoms with Gasteiger partial charge in [0.1, 0.15) is 5.00 Å². The molecule has 0 aliphatic heterocycles. The maximum absolute atomic E-state index is 12.7. The second kappa shape index (κ2) is 6.66. The highest BCUT2D eigenvalue weighted by molar-refractivity contribution is 7.17. The van der Waals surface area contributed by atoms with Gasteiger partial charge in [0.25, 0.3) is 11.8 Å². The van der Waals surface area contributed by atoms with Crippen LogP contribution in [0.5, 0.6) is 0 Å². The van der Waals surface area contributed by atoms with Gasteiger partial charge in [0.15, 0.2) is 5.76 Å². The van der Waals surface area contributed by atoms with Gasteiger partial charge in [-0.2, -0.15) is 0 Å². The third-order valence-electron chi connectivity index (χ3n) is 4.88. The number of carbonyl (C=O) groups is 2. The molecule has 3 aromatic rings. The molecule has 2 amide bonds. The molecule has 0 radical (unpaired) electrons. The standard InChI is InChI=1S/C20H18N2O4S/c1-10-6-7-13-15(8-10)27-19(16(13)17(21)23)22-18(24)14-9-11-4-2-3-5-12(11)20(25)26-14/h2-5,9-10H,6-8H2,1H3,(H2,21,23)(H,22,24)/t10-/m1/s1. The van der Waals surface area contributed by atoms with Crippen LogP contribution in [0.1, 0.15) is 44.7 Å². The van der Waals surface area contributed by atoms with E-state index in [0.717, 1.165) is 29.7 Å². The number of thiophene rings is 1. The molecule has 7 heteroatoms. The lowest BCUT2D eigenvalue weighted by molar-refractivity contribution is 0.0993. The fourth-order valence-corrected chi connectivity index (χ4v) is 4.92. The maximum atomic E-state index is 12.7. The van der Waals surface area contributed by atoms with E-state index < -0.39 is 17.4 Å². The smallest absolute Gasteiger partial charge is 0.344 e. The van der Waals surface area contributed by atoms with Crippen molar-refractivity contribution >= 4 is 38.9 Å². The number of hydrogen-bond acceptors (Lipinski definition) is 5. The zero-order chi connectivity index (χ0) is 19.1. The summed E-state index contributed by atoms with van der Waals surface area (Å²) in [5.74, 6) is -0.711. The lowest BCUT2D eigenvalue weighted by atomic mass is 9.88. The van der Waals surface area contributed by atoms with Crippen molar-refractivity contribution in [3.63, 3.8) is 0 Å². The Hall–Kier alpha value is -2.93. The van der Waals surface area contributed by atoms with E-state index in [9.17, 15) is 14.4 Å². The minimum Gasteiger partial charge on any atom is -0.417 e. The molecule has 0 bridgehead atoms. The van der Waals surface area contributed by atoms with Gasteiger partial charge in [-0.1, -0.05) is 25.1 Å². The zero-order valence-electron chi connectivity index (χ0n) is 14.7. The summed E-state index contributed by atoms with van der Waals surface area (Å²) in [5.41, 5.74) is 6.30. The number of nitrogens with one attached hydrogen (secondary N) is 1. The number of rotatable bonds is 3. The van der Waals surface area contributed by atoms with E-state index in [1.807, 2.05) is 0 Å². The highest BCUT2D eigenvalue weighted by Crippen LogP contribution is 2.39. The van der Waals surface area contributed by atoms with E-state index in [1.54, 1.807) is 24.3 Å². The van der Waals surface area contributed by atoms with Gasteiger partial charge in [-0.3, -0.25) is 9.59 Å². The van der Waals surface area contributed by atoms with Crippen LogP contribution in [0.25, 0.3) is 10.8 Å². The summed E-state index contributed by atoms with van der Waals surface area (Å²) in [4.78, 5) is 37.9. The average molecular weight is 382 g/mol. The molecule has 0 saturated heterocycles. The predicted octanol–water partition coefficient (Wildman–Crippen LogP) is 3.33. The highest BCUT2D eigenvalue weighted by Gasteiger charge is 2.27. The number of anilines is 1. The Morgan fingerprint density at radius 1 is 1.30 bits per heavy atom. The summed E-state index contributed by atoms with van der Waals surface area (Å²) in [6.45, 7) is 2.16. The van der Waals surface area contributed by atoms with Crippen molar-refractivity contribution in [2.45, 2.75) is 26.2 Å². The number of hydrogen-bond donors (Lipinski definition) is 2. The van der Waals surface area contributed by atoms with Gasteiger partial charge >= 0.3 is 5.63 Å². The van der Waals surface area contributed by atoms with Gasteiger partial charge in [0, 0.05) is 4.88 Å². The Morgan fingerprint density at radius 3 is 2.85 bits per heavy atom. The van der Waals surface area contributed by atoms with Gasteiger partial charge in [-0.15, -0.1) is 11.3 Å². The van der Waals surface area contributed by atoms with E-state index in [1.165, 1.54) is 17.4 Å². The van der Waals surface area contributed by atoms with Gasteiger partial charge in [-0.25, -0.2) is 4.79 Å². The Kier molecular flexibility index (Phi) is 4.31. The molecule has 0 spiro atoms. The maximum Gasteiger partial charge on any atom is 0.344 e. The number of carbonyl (C=O) groups excluding carboxylic acids is 2. The second-order valence-electron chi connectivity index (χ2n) is 6.86. The fraction of sp³-hybridized carbons (Fsp3) is 0.250. The lowest BCUT2D eigenvalue weighted by Gasteiger charge is -2.18. The molecule has 0 fully saturated rings. The highest BCUT2D eigenvalue weighted by atomic mass is 32.1. The predicted molar refractivity (Wildman–Crippen MR) is 104 cm³/mol. The number of fused-ring (bicyclic) bond motifs is 2. The number of nitrogens with two attached hydrogens (primary N) is 1. The minimum absolute atomic E-state index is 0.103. The lowest BCUT2D eigenvalue weighted by Crippen LogP contribution is -2.20. The first kappa shape index (κ1) is 17.5. The van der Waals surface area contributed by atoms with Gasteiger partial charge in [-0.05, 0) is 48.3 Å². The summed E-state index contributed by atoms with van der Waals surface area (Å²) < 4.78 is 5.16. The van der Waals surface area contributed by atoms with Gasteiger partial charge < -0.3 is 15.5 Å². The molecular weight excluding hydrogens is 364 g/mol. The fourth-order valence-electron chi connectivity index (χ4n) is 3.51. The Bertz CT molecular complexity index is 1130. The van der Waals surface area contributed by atoms with Crippen LogP contribution in [0.2, 0.25) is 0 Å². The summed E-state index contributed by atoms with van der Waals surface area (Å²) in [6, 6.07) is 8.41. The van der Waals surface area contributed by atoms with Crippen molar-refractivity contribution in [1.29, 1.82) is 0 Å². The molecule has 1 aliphatic carbocycles. The first-order valence-corrected chi connectivity index (χ1v) is 9.54. The minimum atomic E-state index is -0.577. The summed E-state index contributed by atoms with van der Waals surface area (Å²) >= 11 is 1.37. The van der Waals surface area contributed by atoms with E-state index in [0.29, 0.717) is 27.3 Å². The monoisotopic (exact) mass is 382 g/mol. The average Bonchev–Trinajstić information content (AvgIpc) is 2.98. The first-order chi connectivity index (χ1) is 12.9. The zero-order valence-corrected chi connectivity index (χ0v) is 15.5. The number of primary amides is 1. The van der Waals surface area contributed by atoms with Crippen LogP contribution >= 0.6 is 11.3 Å². The molecule has 138 valence electrons. The van der Waals surface area contributed by atoms with E-state index in [-0.39, 0.29) is 5.76 Å². The van der Waals surface area contributed by atoms with Crippen molar-refractivity contribution < 1.29 is 14.0 Å². The van der Waals surface area contributed by atoms with E-state index in [4.69, 9.17) is 10.2 Å². The van der Waals surface area contributed by atoms with Crippen LogP contribution in [0.3, 0.4) is 0 Å². The van der Waals surface area contributed by atoms with Crippen LogP contribution in [0, 0.1) is 5.92 Å². The van der Waals surface area contributed by atoms with Crippen molar-refractivity contribution in [1.82, 2.24) is 0 Å². The molecule has 0 unspecified atom stereocenters. The molecule has 4 rings (SSSR count). The van der Waals surface area contributed by atoms with Gasteiger partial charge in [0.2, 0.25) is 0 Å². The molecule has 27 heavy (non-hydrogen) atoms. The molecule has 2 aromatic heterocycles. The largest absolute Gasteiger partial charge is 0.417 e. The van der Waals surface area contributed by atoms with Crippen molar-refractivity contribution in [2.24, 2.45) is 11.7 Å². The third kappa shape index (κ3) is 3.14. The van der Waals surface area contributed by atoms with Crippen LogP contribution in [-0.2, 0) is 12.8 Å². The molecular formula is C20H18N2O4S. The second-order valence-corrected chi connectivity index (χ2v) is 7.96. The Balaban J connectivity index is 1.71. The van der Waals surface area contributed by atoms with Crippen LogP contribution < -0.4 is 16.7 Å². The molecule has 3 N–H and O–H groups in total. The molecule has 1 aliphatic rings. The summed E-state index contributed by atoms with van der Waals surface area (Å²) in [7, 11) is 0. The van der Waals surface area contributed by atoms with Crippen molar-refractivity contribution in [2.75, 3.05) is 5.32 Å². The number of amides is 2. The van der Waals surface area contributed by atoms with Crippen molar-refractivity contribution in [3.05, 3.63) is 62.5 Å². The van der Waals surface area contributed by atoms with Gasteiger partial charge in [0.05, 0.1) is 10.9 Å². The topological polar surface area (TPSA) is 102 Å². The summed E-state index contributed by atoms with van der Waals surface area (Å²) in [6.07, 6.45) is 2.62. The normalized spacial score (nSPS) is 16.1. The number of benzene rings is 1. The van der Waals surface area contributed by atoms with Crippen LogP contribution in [0.15, 0.2) is 39.5 Å².